The fraction of sp³-hybridized carbons (Fsp3) is 0.500. The summed E-state index contributed by atoms with van der Waals surface area (Å²) in [4.78, 5) is 23.1. The Labute approximate surface area is 137 Å². The Bertz CT molecular complexity index is 604. The highest BCUT2D eigenvalue weighted by atomic mass is 19.4. The van der Waals surface area contributed by atoms with Crippen molar-refractivity contribution in [2.45, 2.75) is 37.9 Å². The van der Waals surface area contributed by atoms with Crippen LogP contribution >= 0.6 is 0 Å². The lowest BCUT2D eigenvalue weighted by Crippen LogP contribution is -2.41. The molecule has 0 aliphatic heterocycles. The van der Waals surface area contributed by atoms with Crippen molar-refractivity contribution in [1.82, 2.24) is 5.32 Å². The Hall–Kier alpha value is -2.25. The van der Waals surface area contributed by atoms with Gasteiger partial charge in [0.25, 0.3) is 11.8 Å². The van der Waals surface area contributed by atoms with Gasteiger partial charge in [-0.2, -0.15) is 13.2 Å². The first kappa shape index (κ1) is 18.1. The highest BCUT2D eigenvalue weighted by molar-refractivity contribution is 5.97. The van der Waals surface area contributed by atoms with Gasteiger partial charge in [-0.1, -0.05) is 18.6 Å². The van der Waals surface area contributed by atoms with Crippen LogP contribution < -0.4 is 15.8 Å². The standard InChI is InChI=1S/C16H19F3N2O3/c17-16(18,19)10-4-3-5-11(8-10)21-15(23)12-6-1-2-7-13(12)24-9-14(20)22/h1-2,6-7,10-11H,3-5,8-9H2,(H2,20,22)(H,21,23). The first-order valence-electron chi connectivity index (χ1n) is 7.65. The summed E-state index contributed by atoms with van der Waals surface area (Å²) in [6.07, 6.45) is -3.36. The van der Waals surface area contributed by atoms with Crippen LogP contribution in [0.15, 0.2) is 24.3 Å². The molecule has 0 spiro atoms. The molecular weight excluding hydrogens is 325 g/mol. The van der Waals surface area contributed by atoms with Gasteiger partial charge in [0.15, 0.2) is 6.61 Å². The SMILES string of the molecule is NC(=O)COc1ccccc1C(=O)NC1CCCC(C(F)(F)F)C1. The van der Waals surface area contributed by atoms with Crippen LogP contribution in [0.4, 0.5) is 13.2 Å². The first-order valence-corrected chi connectivity index (χ1v) is 7.65. The van der Waals surface area contributed by atoms with Crippen molar-refractivity contribution >= 4 is 11.8 Å². The Balaban J connectivity index is 2.03. The van der Waals surface area contributed by atoms with Crippen molar-refractivity contribution in [3.05, 3.63) is 29.8 Å². The van der Waals surface area contributed by atoms with Crippen LogP contribution in [-0.4, -0.2) is 30.6 Å². The van der Waals surface area contributed by atoms with Crippen molar-refractivity contribution in [2.24, 2.45) is 11.7 Å². The minimum atomic E-state index is -4.24. The van der Waals surface area contributed by atoms with E-state index in [1.807, 2.05) is 0 Å². The van der Waals surface area contributed by atoms with Gasteiger partial charge in [0.1, 0.15) is 5.75 Å². The number of amides is 2. The number of nitrogens with one attached hydrogen (secondary N) is 1. The molecule has 132 valence electrons. The van der Waals surface area contributed by atoms with Gasteiger partial charge in [-0.25, -0.2) is 0 Å². The molecule has 24 heavy (non-hydrogen) atoms. The molecule has 2 atom stereocenters. The zero-order chi connectivity index (χ0) is 17.7. The zero-order valence-electron chi connectivity index (χ0n) is 12.9. The molecule has 1 saturated carbocycles. The normalized spacial score (nSPS) is 21.1. The second-order valence-corrected chi connectivity index (χ2v) is 5.83. The van der Waals surface area contributed by atoms with Crippen LogP contribution in [0, 0.1) is 5.92 Å². The molecule has 1 aliphatic rings. The molecule has 2 amide bonds. The van der Waals surface area contributed by atoms with Gasteiger partial charge in [-0.3, -0.25) is 9.59 Å². The largest absolute Gasteiger partial charge is 0.483 e. The Morgan fingerprint density at radius 2 is 1.96 bits per heavy atom. The van der Waals surface area contributed by atoms with Gasteiger partial charge in [-0.05, 0) is 31.4 Å². The number of ether oxygens (including phenoxy) is 1. The topological polar surface area (TPSA) is 81.4 Å². The summed E-state index contributed by atoms with van der Waals surface area (Å²) >= 11 is 0. The molecule has 1 aromatic carbocycles. The number of alkyl halides is 3. The number of benzene rings is 1. The van der Waals surface area contributed by atoms with Crippen molar-refractivity contribution in [3.63, 3.8) is 0 Å². The van der Waals surface area contributed by atoms with E-state index in [-0.39, 0.29) is 30.8 Å². The summed E-state index contributed by atoms with van der Waals surface area (Å²) < 4.78 is 43.7. The Morgan fingerprint density at radius 3 is 2.62 bits per heavy atom. The van der Waals surface area contributed by atoms with Gasteiger partial charge in [0.05, 0.1) is 11.5 Å². The average molecular weight is 344 g/mol. The van der Waals surface area contributed by atoms with E-state index < -0.39 is 30.0 Å². The van der Waals surface area contributed by atoms with Gasteiger partial charge in [-0.15, -0.1) is 0 Å². The summed E-state index contributed by atoms with van der Waals surface area (Å²) in [5.41, 5.74) is 5.16. The van der Waals surface area contributed by atoms with Crippen molar-refractivity contribution in [2.75, 3.05) is 6.61 Å². The smallest absolute Gasteiger partial charge is 0.391 e. The number of rotatable bonds is 5. The van der Waals surface area contributed by atoms with E-state index in [4.69, 9.17) is 10.5 Å². The number of carbonyl (C=O) groups is 2. The number of nitrogens with two attached hydrogens (primary N) is 1. The molecule has 0 bridgehead atoms. The summed E-state index contributed by atoms with van der Waals surface area (Å²) in [6.45, 7) is -0.385. The fourth-order valence-electron chi connectivity index (χ4n) is 2.81. The number of carbonyl (C=O) groups excluding carboxylic acids is 2. The van der Waals surface area contributed by atoms with E-state index in [1.165, 1.54) is 12.1 Å². The zero-order valence-corrected chi connectivity index (χ0v) is 12.9. The predicted octanol–water partition coefficient (Wildman–Crippen LogP) is 2.40. The van der Waals surface area contributed by atoms with Crippen LogP contribution in [0.2, 0.25) is 0 Å². The van der Waals surface area contributed by atoms with Crippen LogP contribution in [0.5, 0.6) is 5.75 Å². The molecule has 5 nitrogen and oxygen atoms in total. The van der Waals surface area contributed by atoms with E-state index in [0.29, 0.717) is 12.8 Å². The average Bonchev–Trinajstić information content (AvgIpc) is 2.52. The third-order valence-electron chi connectivity index (χ3n) is 3.97. The Morgan fingerprint density at radius 1 is 1.25 bits per heavy atom. The number of halogens is 3. The van der Waals surface area contributed by atoms with E-state index in [0.717, 1.165) is 0 Å². The van der Waals surface area contributed by atoms with Crippen molar-refractivity contribution < 1.29 is 27.5 Å². The molecule has 8 heteroatoms. The number of hydrogen-bond donors (Lipinski definition) is 2. The first-order chi connectivity index (χ1) is 11.3. The fourth-order valence-corrected chi connectivity index (χ4v) is 2.81. The van der Waals surface area contributed by atoms with Crippen molar-refractivity contribution in [3.8, 4) is 5.75 Å². The molecule has 1 aromatic rings. The van der Waals surface area contributed by atoms with Crippen LogP contribution in [-0.2, 0) is 4.79 Å². The molecule has 1 aliphatic carbocycles. The Kier molecular flexibility index (Phi) is 5.69. The maximum Gasteiger partial charge on any atom is 0.391 e. The maximum atomic E-state index is 12.8. The highest BCUT2D eigenvalue weighted by Gasteiger charge is 2.42. The second kappa shape index (κ2) is 7.55. The molecule has 0 aromatic heterocycles. The van der Waals surface area contributed by atoms with E-state index in [2.05, 4.69) is 5.32 Å². The number of hydrogen-bond acceptors (Lipinski definition) is 3. The van der Waals surface area contributed by atoms with Crippen LogP contribution in [0.1, 0.15) is 36.0 Å². The highest BCUT2D eigenvalue weighted by Crippen LogP contribution is 2.37. The van der Waals surface area contributed by atoms with Gasteiger partial charge in [0, 0.05) is 6.04 Å². The third kappa shape index (κ3) is 4.87. The minimum absolute atomic E-state index is 0.0914. The third-order valence-corrected chi connectivity index (χ3v) is 3.97. The second-order valence-electron chi connectivity index (χ2n) is 5.83. The molecular formula is C16H19F3N2O3. The predicted molar refractivity (Wildman–Crippen MR) is 80.4 cm³/mol. The van der Waals surface area contributed by atoms with E-state index in [9.17, 15) is 22.8 Å². The minimum Gasteiger partial charge on any atom is -0.483 e. The maximum absolute atomic E-state index is 12.8. The molecule has 0 radical (unpaired) electrons. The molecule has 2 unspecified atom stereocenters. The van der Waals surface area contributed by atoms with Gasteiger partial charge in [0.2, 0.25) is 0 Å². The van der Waals surface area contributed by atoms with Gasteiger partial charge >= 0.3 is 6.18 Å². The van der Waals surface area contributed by atoms with E-state index in [1.54, 1.807) is 12.1 Å². The van der Waals surface area contributed by atoms with Crippen LogP contribution in [0.3, 0.4) is 0 Å². The molecule has 0 saturated heterocycles. The number of para-hydroxylation sites is 1. The lowest BCUT2D eigenvalue weighted by Gasteiger charge is -2.31. The van der Waals surface area contributed by atoms with Crippen molar-refractivity contribution in [1.29, 1.82) is 0 Å². The number of primary amides is 1. The summed E-state index contributed by atoms with van der Waals surface area (Å²) in [6, 6.07) is 5.66. The lowest BCUT2D eigenvalue weighted by molar-refractivity contribution is -0.183. The quantitative estimate of drug-likeness (QED) is 0.861. The summed E-state index contributed by atoms with van der Waals surface area (Å²) in [5, 5.41) is 2.63. The molecule has 0 heterocycles. The summed E-state index contributed by atoms with van der Waals surface area (Å²) in [7, 11) is 0. The molecule has 1 fully saturated rings. The van der Waals surface area contributed by atoms with Crippen LogP contribution in [0.25, 0.3) is 0 Å². The monoisotopic (exact) mass is 344 g/mol. The lowest BCUT2D eigenvalue weighted by atomic mass is 9.85. The molecule has 2 rings (SSSR count). The summed E-state index contributed by atoms with van der Waals surface area (Å²) in [5.74, 6) is -2.44. The molecule has 3 N–H and O–H groups in total. The van der Waals surface area contributed by atoms with E-state index >= 15 is 0 Å². The van der Waals surface area contributed by atoms with Gasteiger partial charge < -0.3 is 15.8 Å².